The van der Waals surface area contributed by atoms with E-state index in [4.69, 9.17) is 0 Å². The minimum absolute atomic E-state index is 0.00573. The molecule has 0 amide bonds. The van der Waals surface area contributed by atoms with Crippen molar-refractivity contribution in [3.05, 3.63) is 29.6 Å². The van der Waals surface area contributed by atoms with Gasteiger partial charge in [0.15, 0.2) is 0 Å². The quantitative estimate of drug-likeness (QED) is 0.738. The summed E-state index contributed by atoms with van der Waals surface area (Å²) in [5.74, 6) is -2.21. The summed E-state index contributed by atoms with van der Waals surface area (Å²) in [4.78, 5) is 4.31. The molecule has 0 N–H and O–H groups in total. The average Bonchev–Trinajstić information content (AvgIpc) is 2.59. The molecule has 1 saturated carbocycles. The fourth-order valence-corrected chi connectivity index (χ4v) is 2.44. The van der Waals surface area contributed by atoms with Crippen LogP contribution in [0.5, 0.6) is 0 Å². The Bertz CT molecular complexity index is 374. The van der Waals surface area contributed by atoms with Crippen LogP contribution < -0.4 is 0 Å². The van der Waals surface area contributed by atoms with Crippen molar-refractivity contribution < 1.29 is 8.78 Å². The van der Waals surface area contributed by atoms with Crippen LogP contribution in [-0.2, 0) is 0 Å². The second-order valence-electron chi connectivity index (χ2n) is 4.93. The van der Waals surface area contributed by atoms with Gasteiger partial charge < -0.3 is 0 Å². The molecule has 1 aromatic rings. The van der Waals surface area contributed by atoms with Gasteiger partial charge in [-0.1, -0.05) is 19.9 Å². The molecular weight excluding hydrogens is 208 g/mol. The van der Waals surface area contributed by atoms with Crippen LogP contribution in [0.1, 0.15) is 56.2 Å². The van der Waals surface area contributed by atoms with Crippen molar-refractivity contribution in [2.24, 2.45) is 0 Å². The first kappa shape index (κ1) is 11.5. The summed E-state index contributed by atoms with van der Waals surface area (Å²) in [6, 6.07) is 3.88. The lowest BCUT2D eigenvalue weighted by Crippen LogP contribution is -2.10. The number of alkyl halides is 2. The predicted molar refractivity (Wildman–Crippen MR) is 59.9 cm³/mol. The van der Waals surface area contributed by atoms with Crippen molar-refractivity contribution in [3.8, 4) is 0 Å². The first-order chi connectivity index (χ1) is 7.49. The number of aromatic nitrogens is 1. The Morgan fingerprint density at radius 2 is 2.19 bits per heavy atom. The molecule has 0 aliphatic heterocycles. The average molecular weight is 225 g/mol. The molecule has 0 radical (unpaired) electrons. The van der Waals surface area contributed by atoms with Crippen molar-refractivity contribution >= 4 is 0 Å². The Morgan fingerprint density at radius 3 is 2.75 bits per heavy atom. The number of halogens is 2. The third-order valence-corrected chi connectivity index (χ3v) is 3.28. The van der Waals surface area contributed by atoms with Crippen molar-refractivity contribution in [1.82, 2.24) is 4.98 Å². The number of hydrogen-bond donors (Lipinski definition) is 0. The summed E-state index contributed by atoms with van der Waals surface area (Å²) in [5.41, 5.74) is 2.00. The number of rotatable bonds is 2. The molecule has 1 atom stereocenters. The lowest BCUT2D eigenvalue weighted by atomic mass is 9.92. The summed E-state index contributed by atoms with van der Waals surface area (Å²) < 4.78 is 26.4. The van der Waals surface area contributed by atoms with Crippen molar-refractivity contribution in [3.63, 3.8) is 0 Å². The number of hydrogen-bond acceptors (Lipinski definition) is 1. The zero-order valence-electron chi connectivity index (χ0n) is 9.71. The lowest BCUT2D eigenvalue weighted by molar-refractivity contribution is 0.00763. The smallest absolute Gasteiger partial charge is 0.248 e. The second-order valence-corrected chi connectivity index (χ2v) is 4.93. The van der Waals surface area contributed by atoms with E-state index in [1.54, 1.807) is 6.20 Å². The molecule has 2 rings (SSSR count). The molecule has 1 aliphatic carbocycles. The van der Waals surface area contributed by atoms with E-state index in [-0.39, 0.29) is 18.8 Å². The molecule has 1 nitrogen and oxygen atoms in total. The van der Waals surface area contributed by atoms with Crippen molar-refractivity contribution in [2.45, 2.75) is 50.9 Å². The maximum Gasteiger partial charge on any atom is 0.248 e. The Labute approximate surface area is 94.9 Å². The van der Waals surface area contributed by atoms with Crippen LogP contribution in [-0.4, -0.2) is 10.9 Å². The minimum Gasteiger partial charge on any atom is -0.261 e. The van der Waals surface area contributed by atoms with E-state index in [2.05, 4.69) is 18.8 Å². The molecule has 1 heterocycles. The second kappa shape index (κ2) is 4.11. The highest BCUT2D eigenvalue weighted by Gasteiger charge is 2.41. The van der Waals surface area contributed by atoms with Gasteiger partial charge in [0.25, 0.3) is 0 Å². The van der Waals surface area contributed by atoms with Gasteiger partial charge in [0, 0.05) is 30.7 Å². The van der Waals surface area contributed by atoms with Gasteiger partial charge in [0.1, 0.15) is 0 Å². The predicted octanol–water partition coefficient (Wildman–Crippen LogP) is 4.11. The van der Waals surface area contributed by atoms with Crippen LogP contribution in [0.25, 0.3) is 0 Å². The van der Waals surface area contributed by atoms with Crippen molar-refractivity contribution in [1.29, 1.82) is 0 Å². The van der Waals surface area contributed by atoms with E-state index >= 15 is 0 Å². The lowest BCUT2D eigenvalue weighted by Gasteiger charge is -2.16. The van der Waals surface area contributed by atoms with Crippen LogP contribution in [0, 0.1) is 0 Å². The highest BCUT2D eigenvalue weighted by molar-refractivity contribution is 5.27. The number of pyridine rings is 1. The van der Waals surface area contributed by atoms with Gasteiger partial charge in [-0.2, -0.15) is 0 Å². The molecular formula is C13H17F2N. The third-order valence-electron chi connectivity index (χ3n) is 3.28. The van der Waals surface area contributed by atoms with Gasteiger partial charge in [-0.3, -0.25) is 4.98 Å². The molecule has 0 bridgehead atoms. The summed E-state index contributed by atoms with van der Waals surface area (Å²) in [7, 11) is 0. The molecule has 3 heteroatoms. The largest absolute Gasteiger partial charge is 0.261 e. The fraction of sp³-hybridized carbons (Fsp3) is 0.615. The van der Waals surface area contributed by atoms with Gasteiger partial charge in [0.05, 0.1) is 0 Å². The maximum absolute atomic E-state index is 13.2. The van der Waals surface area contributed by atoms with E-state index in [0.29, 0.717) is 12.3 Å². The Kier molecular flexibility index (Phi) is 2.96. The molecule has 0 spiro atoms. The number of nitrogens with zero attached hydrogens (tertiary/aromatic N) is 1. The Morgan fingerprint density at radius 1 is 1.44 bits per heavy atom. The summed E-state index contributed by atoms with van der Waals surface area (Å²) in [6.07, 6.45) is 2.23. The molecule has 0 saturated heterocycles. The first-order valence-corrected chi connectivity index (χ1v) is 5.82. The monoisotopic (exact) mass is 225 g/mol. The van der Waals surface area contributed by atoms with Crippen LogP contribution >= 0.6 is 0 Å². The molecule has 16 heavy (non-hydrogen) atoms. The SMILES string of the molecule is CC(C)c1cccnc1C1CCC(F)(F)C1. The highest BCUT2D eigenvalue weighted by Crippen LogP contribution is 2.45. The molecule has 1 aromatic heterocycles. The highest BCUT2D eigenvalue weighted by atomic mass is 19.3. The van der Waals surface area contributed by atoms with Gasteiger partial charge in [-0.25, -0.2) is 8.78 Å². The van der Waals surface area contributed by atoms with Crippen LogP contribution in [0.15, 0.2) is 18.3 Å². The first-order valence-electron chi connectivity index (χ1n) is 5.82. The maximum atomic E-state index is 13.2. The summed E-state index contributed by atoms with van der Waals surface area (Å²) >= 11 is 0. The minimum atomic E-state index is -2.49. The molecule has 88 valence electrons. The zero-order chi connectivity index (χ0) is 11.8. The third kappa shape index (κ3) is 2.23. The molecule has 1 aliphatic rings. The Balaban J connectivity index is 2.28. The molecule has 1 unspecified atom stereocenters. The fourth-order valence-electron chi connectivity index (χ4n) is 2.44. The zero-order valence-corrected chi connectivity index (χ0v) is 9.71. The molecule has 1 fully saturated rings. The van der Waals surface area contributed by atoms with Crippen LogP contribution in [0.4, 0.5) is 8.78 Å². The van der Waals surface area contributed by atoms with Crippen molar-refractivity contribution in [2.75, 3.05) is 0 Å². The van der Waals surface area contributed by atoms with Crippen LogP contribution in [0.3, 0.4) is 0 Å². The van der Waals surface area contributed by atoms with Crippen LogP contribution in [0.2, 0.25) is 0 Å². The van der Waals surface area contributed by atoms with Gasteiger partial charge in [-0.15, -0.1) is 0 Å². The van der Waals surface area contributed by atoms with E-state index in [0.717, 1.165) is 11.3 Å². The molecule has 0 aromatic carbocycles. The van der Waals surface area contributed by atoms with E-state index in [9.17, 15) is 8.78 Å². The van der Waals surface area contributed by atoms with E-state index in [1.807, 2.05) is 12.1 Å². The van der Waals surface area contributed by atoms with Gasteiger partial charge in [0.2, 0.25) is 5.92 Å². The van der Waals surface area contributed by atoms with Gasteiger partial charge >= 0.3 is 0 Å². The van der Waals surface area contributed by atoms with E-state index < -0.39 is 5.92 Å². The topological polar surface area (TPSA) is 12.9 Å². The Hall–Kier alpha value is -0.990. The summed E-state index contributed by atoms with van der Waals surface area (Å²) in [5, 5.41) is 0. The van der Waals surface area contributed by atoms with E-state index in [1.165, 1.54) is 0 Å². The van der Waals surface area contributed by atoms with Gasteiger partial charge in [-0.05, 0) is 24.0 Å². The normalized spacial score (nSPS) is 23.9. The standard InChI is InChI=1S/C13H17F2N/c1-9(2)11-4-3-7-16-12(11)10-5-6-13(14,15)8-10/h3-4,7,9-10H,5-6,8H2,1-2H3. The summed E-state index contributed by atoms with van der Waals surface area (Å²) in [6.45, 7) is 4.15.